The van der Waals surface area contributed by atoms with Crippen molar-refractivity contribution in [3.8, 4) is 0 Å². The van der Waals surface area contributed by atoms with E-state index < -0.39 is 0 Å². The lowest BCUT2D eigenvalue weighted by Gasteiger charge is -2.11. The third-order valence-electron chi connectivity index (χ3n) is 3.53. The van der Waals surface area contributed by atoms with Crippen molar-refractivity contribution in [1.82, 2.24) is 20.6 Å². The average Bonchev–Trinajstić information content (AvgIpc) is 2.83. The van der Waals surface area contributed by atoms with Gasteiger partial charge in [0.05, 0.1) is 12.2 Å². The van der Waals surface area contributed by atoms with Crippen LogP contribution in [0.2, 0.25) is 0 Å². The quantitative estimate of drug-likeness (QED) is 0.422. The predicted molar refractivity (Wildman–Crippen MR) is 108 cm³/mol. The molecule has 0 fully saturated rings. The van der Waals surface area contributed by atoms with Gasteiger partial charge in [0.2, 0.25) is 0 Å². The largest absolute Gasteiger partial charge is 0.356 e. The fourth-order valence-electron chi connectivity index (χ4n) is 2.09. The fraction of sp³-hybridized carbons (Fsp3) is 0.438. The predicted octanol–water partition coefficient (Wildman–Crippen LogP) is 2.99. The summed E-state index contributed by atoms with van der Waals surface area (Å²) < 4.78 is 0. The molecule has 0 unspecified atom stereocenters. The molecule has 0 aromatic carbocycles. The highest BCUT2D eigenvalue weighted by atomic mass is 127. The molecule has 0 saturated heterocycles. The number of thiazole rings is 1. The molecule has 2 N–H and O–H groups in total. The molecule has 126 valence electrons. The number of nitrogens with zero attached hydrogens (tertiary/aromatic N) is 3. The summed E-state index contributed by atoms with van der Waals surface area (Å²) >= 11 is 1.73. The third-order valence-corrected chi connectivity index (χ3v) is 4.60. The van der Waals surface area contributed by atoms with Gasteiger partial charge in [-0.1, -0.05) is 0 Å². The summed E-state index contributed by atoms with van der Waals surface area (Å²) in [4.78, 5) is 14.2. The molecule has 0 atom stereocenters. The average molecular weight is 445 g/mol. The highest BCUT2D eigenvalue weighted by Crippen LogP contribution is 2.15. The third kappa shape index (κ3) is 6.06. The van der Waals surface area contributed by atoms with Crippen molar-refractivity contribution in [3.63, 3.8) is 0 Å². The Morgan fingerprint density at radius 3 is 2.65 bits per heavy atom. The van der Waals surface area contributed by atoms with Gasteiger partial charge in [0.15, 0.2) is 5.96 Å². The number of nitrogens with one attached hydrogen (secondary N) is 2. The minimum Gasteiger partial charge on any atom is -0.356 e. The molecule has 0 aliphatic carbocycles. The van der Waals surface area contributed by atoms with Gasteiger partial charge in [-0.25, -0.2) is 4.98 Å². The molecule has 0 saturated carbocycles. The minimum absolute atomic E-state index is 0. The first kappa shape index (κ1) is 19.8. The minimum atomic E-state index is 0. The van der Waals surface area contributed by atoms with Crippen LogP contribution in [0.1, 0.15) is 26.7 Å². The van der Waals surface area contributed by atoms with Crippen LogP contribution < -0.4 is 10.6 Å². The Bertz CT molecular complexity index is 634. The number of hydrogen-bond donors (Lipinski definition) is 2. The van der Waals surface area contributed by atoms with Crippen molar-refractivity contribution >= 4 is 41.3 Å². The number of pyridine rings is 1. The summed E-state index contributed by atoms with van der Waals surface area (Å²) in [7, 11) is 1.78. The number of guanidine groups is 1. The van der Waals surface area contributed by atoms with Crippen LogP contribution in [0.5, 0.6) is 0 Å². The Balaban J connectivity index is 0.00000264. The summed E-state index contributed by atoms with van der Waals surface area (Å²) in [6.07, 6.45) is 4.68. The molecule has 2 rings (SSSR count). The van der Waals surface area contributed by atoms with Gasteiger partial charge in [-0.3, -0.25) is 9.98 Å². The van der Waals surface area contributed by atoms with E-state index >= 15 is 0 Å². The Labute approximate surface area is 159 Å². The SMILES string of the molecule is CN=C(NCCc1ccncc1C)NCc1nc(C)c(C)s1.I. The van der Waals surface area contributed by atoms with E-state index in [2.05, 4.69) is 45.5 Å². The molecule has 0 amide bonds. The second kappa shape index (κ2) is 9.82. The van der Waals surface area contributed by atoms with E-state index in [1.165, 1.54) is 16.0 Å². The van der Waals surface area contributed by atoms with Gasteiger partial charge in [0, 0.05) is 30.9 Å². The molecular formula is C16H24IN5S. The Morgan fingerprint density at radius 2 is 2.04 bits per heavy atom. The maximum absolute atomic E-state index is 4.52. The van der Waals surface area contributed by atoms with E-state index in [9.17, 15) is 0 Å². The summed E-state index contributed by atoms with van der Waals surface area (Å²) in [5.41, 5.74) is 3.64. The second-order valence-corrected chi connectivity index (χ2v) is 6.44. The van der Waals surface area contributed by atoms with E-state index in [-0.39, 0.29) is 24.0 Å². The molecule has 0 radical (unpaired) electrons. The summed E-state index contributed by atoms with van der Waals surface area (Å²) in [5, 5.41) is 7.72. The van der Waals surface area contributed by atoms with Gasteiger partial charge >= 0.3 is 0 Å². The number of aryl methyl sites for hydroxylation is 3. The molecule has 2 aromatic rings. The number of rotatable bonds is 5. The molecular weight excluding hydrogens is 421 g/mol. The number of halogens is 1. The highest BCUT2D eigenvalue weighted by Gasteiger charge is 2.05. The van der Waals surface area contributed by atoms with Crippen LogP contribution in [0.3, 0.4) is 0 Å². The maximum atomic E-state index is 4.52. The van der Waals surface area contributed by atoms with Gasteiger partial charge < -0.3 is 10.6 Å². The van der Waals surface area contributed by atoms with Gasteiger partial charge in [0.1, 0.15) is 5.01 Å². The van der Waals surface area contributed by atoms with E-state index in [4.69, 9.17) is 0 Å². The van der Waals surface area contributed by atoms with Crippen molar-refractivity contribution in [3.05, 3.63) is 45.2 Å². The van der Waals surface area contributed by atoms with Gasteiger partial charge in [-0.05, 0) is 44.4 Å². The van der Waals surface area contributed by atoms with Gasteiger partial charge in [0.25, 0.3) is 0 Å². The fourth-order valence-corrected chi connectivity index (χ4v) is 2.97. The Hall–Kier alpha value is -1.22. The molecule has 2 heterocycles. The van der Waals surface area contributed by atoms with Crippen LogP contribution in [0, 0.1) is 20.8 Å². The second-order valence-electron chi connectivity index (χ2n) is 5.15. The standard InChI is InChI=1S/C16H23N5S.HI/c1-11-9-18-7-5-14(11)6-8-19-16(17-4)20-10-15-21-12(2)13(3)22-15;/h5,7,9H,6,8,10H2,1-4H3,(H2,17,19,20);1H. The lowest BCUT2D eigenvalue weighted by molar-refractivity contribution is 0.788. The van der Waals surface area contributed by atoms with Gasteiger partial charge in [-0.15, -0.1) is 35.3 Å². The number of aliphatic imine (C=N–C) groups is 1. The molecule has 5 nitrogen and oxygen atoms in total. The Kier molecular flexibility index (Phi) is 8.46. The zero-order chi connectivity index (χ0) is 15.9. The van der Waals surface area contributed by atoms with Crippen molar-refractivity contribution in [2.24, 2.45) is 4.99 Å². The van der Waals surface area contributed by atoms with E-state index in [0.717, 1.165) is 29.6 Å². The van der Waals surface area contributed by atoms with Crippen LogP contribution in [-0.2, 0) is 13.0 Å². The Morgan fingerprint density at radius 1 is 1.26 bits per heavy atom. The lowest BCUT2D eigenvalue weighted by Crippen LogP contribution is -2.37. The normalized spacial score (nSPS) is 11.0. The van der Waals surface area contributed by atoms with Crippen LogP contribution in [0.4, 0.5) is 0 Å². The molecule has 0 aliphatic rings. The first-order chi connectivity index (χ1) is 10.6. The van der Waals surface area contributed by atoms with E-state index in [1.54, 1.807) is 18.4 Å². The number of hydrogen-bond acceptors (Lipinski definition) is 4. The van der Waals surface area contributed by atoms with E-state index in [0.29, 0.717) is 6.54 Å². The summed E-state index contributed by atoms with van der Waals surface area (Å²) in [6, 6.07) is 2.06. The van der Waals surface area contributed by atoms with Crippen molar-refractivity contribution in [2.75, 3.05) is 13.6 Å². The topological polar surface area (TPSA) is 62.2 Å². The van der Waals surface area contributed by atoms with Gasteiger partial charge in [-0.2, -0.15) is 0 Å². The van der Waals surface area contributed by atoms with Crippen LogP contribution in [0.25, 0.3) is 0 Å². The molecule has 0 spiro atoms. The first-order valence-electron chi connectivity index (χ1n) is 7.37. The monoisotopic (exact) mass is 445 g/mol. The van der Waals surface area contributed by atoms with E-state index in [1.807, 2.05) is 19.3 Å². The molecule has 0 bridgehead atoms. The molecule has 0 aliphatic heterocycles. The summed E-state index contributed by atoms with van der Waals surface area (Å²) in [5.74, 6) is 0.803. The summed E-state index contributed by atoms with van der Waals surface area (Å²) in [6.45, 7) is 7.76. The van der Waals surface area contributed by atoms with Crippen molar-refractivity contribution in [2.45, 2.75) is 33.7 Å². The van der Waals surface area contributed by atoms with Crippen LogP contribution in [0.15, 0.2) is 23.5 Å². The molecule has 2 aromatic heterocycles. The first-order valence-corrected chi connectivity index (χ1v) is 8.18. The van der Waals surface area contributed by atoms with Crippen LogP contribution in [-0.4, -0.2) is 29.5 Å². The van der Waals surface area contributed by atoms with Crippen molar-refractivity contribution in [1.29, 1.82) is 0 Å². The lowest BCUT2D eigenvalue weighted by atomic mass is 10.1. The molecule has 7 heteroatoms. The zero-order valence-corrected chi connectivity index (χ0v) is 17.2. The van der Waals surface area contributed by atoms with Crippen molar-refractivity contribution < 1.29 is 0 Å². The maximum Gasteiger partial charge on any atom is 0.191 e. The molecule has 23 heavy (non-hydrogen) atoms. The zero-order valence-electron chi connectivity index (χ0n) is 14.0. The smallest absolute Gasteiger partial charge is 0.191 e. The van der Waals surface area contributed by atoms with Crippen LogP contribution >= 0.6 is 35.3 Å². The highest BCUT2D eigenvalue weighted by molar-refractivity contribution is 14.0. The number of aromatic nitrogens is 2.